The van der Waals surface area contributed by atoms with Crippen LogP contribution in [-0.4, -0.2) is 36.7 Å². The highest BCUT2D eigenvalue weighted by molar-refractivity contribution is 5.78. The lowest BCUT2D eigenvalue weighted by Crippen LogP contribution is -2.46. The number of rotatable bonds is 7. The molecule has 2 amide bonds. The van der Waals surface area contributed by atoms with Gasteiger partial charge in [0.2, 0.25) is 0 Å². The molecule has 16 heavy (non-hydrogen) atoms. The maximum atomic E-state index is 11.2. The van der Waals surface area contributed by atoms with E-state index < -0.39 is 11.4 Å². The zero-order chi connectivity index (χ0) is 12.6. The summed E-state index contributed by atoms with van der Waals surface area (Å²) in [6, 6.07) is -0.377. The van der Waals surface area contributed by atoms with E-state index in [0.29, 0.717) is 25.9 Å². The Balaban J connectivity index is 4.22. The Morgan fingerprint density at radius 1 is 1.25 bits per heavy atom. The normalized spacial score (nSPS) is 10.9. The minimum atomic E-state index is -0.878. The molecule has 0 atom stereocenters. The lowest BCUT2D eigenvalue weighted by atomic mass is 9.82. The largest absolute Gasteiger partial charge is 0.481 e. The molecule has 0 aliphatic carbocycles. The SMILES string of the molecule is CCC(CC)(CNC(=O)NCCN)C(=O)O. The third-order valence-electron chi connectivity index (χ3n) is 2.82. The van der Waals surface area contributed by atoms with E-state index in [4.69, 9.17) is 10.8 Å². The lowest BCUT2D eigenvalue weighted by molar-refractivity contribution is -0.149. The summed E-state index contributed by atoms with van der Waals surface area (Å²) in [4.78, 5) is 22.4. The zero-order valence-electron chi connectivity index (χ0n) is 9.88. The summed E-state index contributed by atoms with van der Waals surface area (Å²) in [5.74, 6) is -0.878. The van der Waals surface area contributed by atoms with Crippen molar-refractivity contribution in [2.24, 2.45) is 11.1 Å². The highest BCUT2D eigenvalue weighted by Crippen LogP contribution is 2.25. The molecule has 0 unspecified atom stereocenters. The monoisotopic (exact) mass is 231 g/mol. The molecule has 0 fully saturated rings. The average Bonchev–Trinajstić information content (AvgIpc) is 2.28. The Kier molecular flexibility index (Phi) is 6.48. The second-order valence-electron chi connectivity index (χ2n) is 3.69. The maximum absolute atomic E-state index is 11.2. The highest BCUT2D eigenvalue weighted by Gasteiger charge is 2.34. The van der Waals surface area contributed by atoms with Crippen LogP contribution in [0.25, 0.3) is 0 Å². The zero-order valence-corrected chi connectivity index (χ0v) is 9.88. The number of amides is 2. The van der Waals surface area contributed by atoms with Crippen molar-refractivity contribution < 1.29 is 14.7 Å². The molecule has 94 valence electrons. The minimum Gasteiger partial charge on any atom is -0.481 e. The predicted octanol–water partition coefficient (Wildman–Crippen LogP) is 0.135. The van der Waals surface area contributed by atoms with Gasteiger partial charge in [0.25, 0.3) is 0 Å². The van der Waals surface area contributed by atoms with Crippen LogP contribution in [0.15, 0.2) is 0 Å². The molecule has 0 heterocycles. The van der Waals surface area contributed by atoms with Gasteiger partial charge in [-0.1, -0.05) is 13.8 Å². The first-order valence-corrected chi connectivity index (χ1v) is 5.47. The van der Waals surface area contributed by atoms with E-state index in [1.807, 2.05) is 0 Å². The summed E-state index contributed by atoms with van der Waals surface area (Å²) in [5.41, 5.74) is 4.35. The number of aliphatic carboxylic acids is 1. The molecule has 0 aromatic carbocycles. The molecule has 0 radical (unpaired) electrons. The van der Waals surface area contributed by atoms with Gasteiger partial charge in [0, 0.05) is 19.6 Å². The molecule has 0 aromatic heterocycles. The van der Waals surface area contributed by atoms with E-state index in [0.717, 1.165) is 0 Å². The van der Waals surface area contributed by atoms with Gasteiger partial charge in [0.15, 0.2) is 0 Å². The summed E-state index contributed by atoms with van der Waals surface area (Å²) in [5, 5.41) is 14.2. The summed E-state index contributed by atoms with van der Waals surface area (Å²) in [7, 11) is 0. The van der Waals surface area contributed by atoms with Crippen LogP contribution in [0.2, 0.25) is 0 Å². The average molecular weight is 231 g/mol. The van der Waals surface area contributed by atoms with Crippen LogP contribution >= 0.6 is 0 Å². The molecule has 6 heteroatoms. The van der Waals surface area contributed by atoms with Crippen molar-refractivity contribution in [1.82, 2.24) is 10.6 Å². The number of urea groups is 1. The third-order valence-corrected chi connectivity index (χ3v) is 2.82. The van der Waals surface area contributed by atoms with Gasteiger partial charge in [-0.15, -0.1) is 0 Å². The van der Waals surface area contributed by atoms with Crippen LogP contribution in [0.4, 0.5) is 4.79 Å². The molecule has 0 aliphatic rings. The van der Waals surface area contributed by atoms with Crippen molar-refractivity contribution in [3.05, 3.63) is 0 Å². The first-order chi connectivity index (χ1) is 7.52. The van der Waals surface area contributed by atoms with E-state index in [-0.39, 0.29) is 12.6 Å². The number of carboxylic acid groups (broad SMARTS) is 1. The molecular formula is C10H21N3O3. The van der Waals surface area contributed by atoms with Gasteiger partial charge < -0.3 is 21.5 Å². The number of carbonyl (C=O) groups excluding carboxylic acids is 1. The molecular weight excluding hydrogens is 210 g/mol. The van der Waals surface area contributed by atoms with Crippen LogP contribution in [0, 0.1) is 5.41 Å². The van der Waals surface area contributed by atoms with E-state index in [1.165, 1.54) is 0 Å². The van der Waals surface area contributed by atoms with Crippen LogP contribution in [0.5, 0.6) is 0 Å². The van der Waals surface area contributed by atoms with E-state index >= 15 is 0 Å². The fraction of sp³-hybridized carbons (Fsp3) is 0.800. The van der Waals surface area contributed by atoms with Crippen molar-refractivity contribution in [3.63, 3.8) is 0 Å². The fourth-order valence-corrected chi connectivity index (χ4v) is 1.38. The minimum absolute atomic E-state index is 0.131. The van der Waals surface area contributed by atoms with Gasteiger partial charge in [-0.2, -0.15) is 0 Å². The van der Waals surface area contributed by atoms with Crippen LogP contribution < -0.4 is 16.4 Å². The van der Waals surface area contributed by atoms with Gasteiger partial charge in [-0.25, -0.2) is 4.79 Å². The van der Waals surface area contributed by atoms with Gasteiger partial charge in [-0.05, 0) is 12.8 Å². The van der Waals surface area contributed by atoms with E-state index in [9.17, 15) is 9.59 Å². The third kappa shape index (κ3) is 4.06. The molecule has 0 saturated carbocycles. The molecule has 6 nitrogen and oxygen atoms in total. The molecule has 0 rings (SSSR count). The number of hydrogen-bond donors (Lipinski definition) is 4. The Labute approximate surface area is 95.6 Å². The lowest BCUT2D eigenvalue weighted by Gasteiger charge is -2.26. The molecule has 0 saturated heterocycles. The van der Waals surface area contributed by atoms with Crippen LogP contribution in [0.3, 0.4) is 0 Å². The predicted molar refractivity (Wildman–Crippen MR) is 61.1 cm³/mol. The van der Waals surface area contributed by atoms with Crippen molar-refractivity contribution in [1.29, 1.82) is 0 Å². The van der Waals surface area contributed by atoms with E-state index in [1.54, 1.807) is 13.8 Å². The van der Waals surface area contributed by atoms with Crippen LogP contribution in [0.1, 0.15) is 26.7 Å². The number of hydrogen-bond acceptors (Lipinski definition) is 3. The molecule has 0 spiro atoms. The topological polar surface area (TPSA) is 104 Å². The quantitative estimate of drug-likeness (QED) is 0.500. The second-order valence-corrected chi connectivity index (χ2v) is 3.69. The highest BCUT2D eigenvalue weighted by atomic mass is 16.4. The number of nitrogens with two attached hydrogens (primary N) is 1. The number of carboxylic acids is 1. The van der Waals surface area contributed by atoms with Crippen molar-refractivity contribution in [2.75, 3.05) is 19.6 Å². The summed E-state index contributed by atoms with van der Waals surface area (Å²) in [6.07, 6.45) is 0.964. The van der Waals surface area contributed by atoms with Gasteiger partial charge >= 0.3 is 12.0 Å². The number of carbonyl (C=O) groups is 2. The first-order valence-electron chi connectivity index (χ1n) is 5.47. The first kappa shape index (κ1) is 14.7. The smallest absolute Gasteiger partial charge is 0.314 e. The maximum Gasteiger partial charge on any atom is 0.314 e. The van der Waals surface area contributed by atoms with Crippen molar-refractivity contribution in [2.45, 2.75) is 26.7 Å². The second kappa shape index (κ2) is 7.05. The fourth-order valence-electron chi connectivity index (χ4n) is 1.38. The van der Waals surface area contributed by atoms with E-state index in [2.05, 4.69) is 10.6 Å². The van der Waals surface area contributed by atoms with Crippen molar-refractivity contribution >= 4 is 12.0 Å². The molecule has 5 N–H and O–H groups in total. The molecule has 0 bridgehead atoms. The summed E-state index contributed by atoms with van der Waals surface area (Å²) < 4.78 is 0. The van der Waals surface area contributed by atoms with Gasteiger partial charge in [0.1, 0.15) is 0 Å². The standard InChI is InChI=1S/C10H21N3O3/c1-3-10(4-2,8(14)15)7-13-9(16)12-6-5-11/h3-7,11H2,1-2H3,(H,14,15)(H2,12,13,16). The summed E-state index contributed by atoms with van der Waals surface area (Å²) in [6.45, 7) is 4.48. The van der Waals surface area contributed by atoms with Gasteiger partial charge in [-0.3, -0.25) is 4.79 Å². The van der Waals surface area contributed by atoms with Crippen molar-refractivity contribution in [3.8, 4) is 0 Å². The molecule has 0 aliphatic heterocycles. The summed E-state index contributed by atoms with van der Waals surface area (Å²) >= 11 is 0. The van der Waals surface area contributed by atoms with Gasteiger partial charge in [0.05, 0.1) is 5.41 Å². The Bertz CT molecular complexity index is 239. The van der Waals surface area contributed by atoms with Crippen LogP contribution in [-0.2, 0) is 4.79 Å². The molecule has 0 aromatic rings. The Morgan fingerprint density at radius 3 is 2.19 bits per heavy atom. The Hall–Kier alpha value is -1.30. The number of nitrogens with one attached hydrogen (secondary N) is 2. The Morgan fingerprint density at radius 2 is 1.81 bits per heavy atom.